The van der Waals surface area contributed by atoms with Crippen molar-refractivity contribution in [2.45, 2.75) is 6.42 Å². The second-order valence-electron chi connectivity index (χ2n) is 4.39. The predicted octanol–water partition coefficient (Wildman–Crippen LogP) is 3.48. The van der Waals surface area contributed by atoms with Gasteiger partial charge in [-0.2, -0.15) is 0 Å². The Hall–Kier alpha value is -1.52. The molecule has 1 heterocycles. The number of hydrogen-bond donors (Lipinski definition) is 0. The van der Waals surface area contributed by atoms with Gasteiger partial charge in [-0.1, -0.05) is 17.7 Å². The van der Waals surface area contributed by atoms with Gasteiger partial charge in [0.05, 0.1) is 0 Å². The highest BCUT2D eigenvalue weighted by Gasteiger charge is 2.09. The highest BCUT2D eigenvalue weighted by Crippen LogP contribution is 2.15. The summed E-state index contributed by atoms with van der Waals surface area (Å²) >= 11 is 7.49. The molecule has 0 aliphatic rings. The smallest absolute Gasteiger partial charge is 0.260 e. The van der Waals surface area contributed by atoms with E-state index in [1.54, 1.807) is 47.5 Å². The van der Waals surface area contributed by atoms with Crippen LogP contribution in [0.15, 0.2) is 41.8 Å². The normalized spacial score (nSPS) is 10.3. The van der Waals surface area contributed by atoms with Gasteiger partial charge < -0.3 is 9.64 Å². The van der Waals surface area contributed by atoms with Gasteiger partial charge in [-0.15, -0.1) is 11.3 Å². The Balaban J connectivity index is 1.74. The second-order valence-corrected chi connectivity index (χ2v) is 5.86. The average Bonchev–Trinajstić information content (AvgIpc) is 2.97. The fourth-order valence-corrected chi connectivity index (χ4v) is 2.47. The molecule has 0 saturated carbocycles. The van der Waals surface area contributed by atoms with Crippen LogP contribution in [0.25, 0.3) is 0 Å². The molecule has 2 aromatic rings. The van der Waals surface area contributed by atoms with Crippen LogP contribution in [-0.2, 0) is 11.2 Å². The van der Waals surface area contributed by atoms with Crippen molar-refractivity contribution in [3.05, 3.63) is 51.7 Å². The van der Waals surface area contributed by atoms with E-state index in [4.69, 9.17) is 16.3 Å². The van der Waals surface area contributed by atoms with Crippen molar-refractivity contribution in [2.24, 2.45) is 0 Å². The van der Waals surface area contributed by atoms with Gasteiger partial charge in [0.1, 0.15) is 5.75 Å². The van der Waals surface area contributed by atoms with E-state index in [0.29, 0.717) is 17.3 Å². The van der Waals surface area contributed by atoms with Gasteiger partial charge >= 0.3 is 0 Å². The molecule has 5 heteroatoms. The largest absolute Gasteiger partial charge is 0.484 e. The first-order chi connectivity index (χ1) is 9.65. The minimum absolute atomic E-state index is 0.0310. The standard InChI is InChI=1S/C15H16ClNO2S/c1-17(9-8-14-3-2-10-20-14)15(18)11-19-13-6-4-12(16)5-7-13/h2-7,10H,8-9,11H2,1H3. The number of benzene rings is 1. The molecule has 0 spiro atoms. The number of thiophene rings is 1. The van der Waals surface area contributed by atoms with Crippen LogP contribution < -0.4 is 4.74 Å². The van der Waals surface area contributed by atoms with Crippen LogP contribution in [0.3, 0.4) is 0 Å². The van der Waals surface area contributed by atoms with Crippen LogP contribution in [0.5, 0.6) is 5.75 Å². The molecule has 106 valence electrons. The third-order valence-electron chi connectivity index (χ3n) is 2.88. The zero-order valence-corrected chi connectivity index (χ0v) is 12.8. The number of hydrogen-bond acceptors (Lipinski definition) is 3. The molecule has 0 saturated heterocycles. The maximum absolute atomic E-state index is 11.9. The molecule has 0 radical (unpaired) electrons. The van der Waals surface area contributed by atoms with Crippen LogP contribution in [0.2, 0.25) is 5.02 Å². The summed E-state index contributed by atoms with van der Waals surface area (Å²) in [6, 6.07) is 11.1. The third-order valence-corrected chi connectivity index (χ3v) is 4.06. The molecule has 0 atom stereocenters. The van der Waals surface area contributed by atoms with Crippen LogP contribution in [-0.4, -0.2) is 31.0 Å². The molecule has 0 aliphatic carbocycles. The van der Waals surface area contributed by atoms with Crippen LogP contribution in [0.4, 0.5) is 0 Å². The van der Waals surface area contributed by atoms with E-state index in [9.17, 15) is 4.79 Å². The summed E-state index contributed by atoms with van der Waals surface area (Å²) in [7, 11) is 1.79. The van der Waals surface area contributed by atoms with E-state index in [1.807, 2.05) is 11.4 Å². The number of amides is 1. The van der Waals surface area contributed by atoms with E-state index in [-0.39, 0.29) is 12.5 Å². The summed E-state index contributed by atoms with van der Waals surface area (Å²) in [5.74, 6) is 0.617. The molecule has 0 fully saturated rings. The van der Waals surface area contributed by atoms with Gasteiger partial charge in [-0.3, -0.25) is 4.79 Å². The monoisotopic (exact) mass is 309 g/mol. The first-order valence-corrected chi connectivity index (χ1v) is 7.55. The zero-order valence-electron chi connectivity index (χ0n) is 11.2. The number of ether oxygens (including phenoxy) is 1. The maximum atomic E-state index is 11.9. The van der Waals surface area contributed by atoms with Gasteiger partial charge in [0.2, 0.25) is 0 Å². The first-order valence-electron chi connectivity index (χ1n) is 6.30. The SMILES string of the molecule is CN(CCc1cccs1)C(=O)COc1ccc(Cl)cc1. The molecule has 0 aliphatic heterocycles. The molecule has 1 aromatic carbocycles. The Morgan fingerprint density at radius 1 is 1.30 bits per heavy atom. The highest BCUT2D eigenvalue weighted by molar-refractivity contribution is 7.09. The molecule has 3 nitrogen and oxygen atoms in total. The number of carbonyl (C=O) groups excluding carboxylic acids is 1. The third kappa shape index (κ3) is 4.54. The summed E-state index contributed by atoms with van der Waals surface area (Å²) in [5, 5.41) is 2.69. The van der Waals surface area contributed by atoms with E-state index in [1.165, 1.54) is 4.88 Å². The molecule has 2 rings (SSSR count). The van der Waals surface area contributed by atoms with E-state index >= 15 is 0 Å². The molecular formula is C15H16ClNO2S. The Bertz CT molecular complexity index is 540. The van der Waals surface area contributed by atoms with E-state index in [0.717, 1.165) is 6.42 Å². The topological polar surface area (TPSA) is 29.5 Å². The second kappa shape index (κ2) is 7.31. The van der Waals surface area contributed by atoms with Gasteiger partial charge in [0.15, 0.2) is 6.61 Å². The molecule has 20 heavy (non-hydrogen) atoms. The van der Waals surface area contributed by atoms with Crippen LogP contribution in [0.1, 0.15) is 4.88 Å². The lowest BCUT2D eigenvalue weighted by atomic mass is 10.3. The number of likely N-dealkylation sites (N-methyl/N-ethyl adjacent to an activating group) is 1. The minimum atomic E-state index is -0.0310. The Labute approximate surface area is 127 Å². The Kier molecular flexibility index (Phi) is 5.44. The molecule has 0 N–H and O–H groups in total. The van der Waals surface area contributed by atoms with E-state index < -0.39 is 0 Å². The lowest BCUT2D eigenvalue weighted by Crippen LogP contribution is -2.32. The summed E-state index contributed by atoms with van der Waals surface area (Å²) in [6.07, 6.45) is 0.876. The first kappa shape index (κ1) is 14.9. The predicted molar refractivity (Wildman–Crippen MR) is 82.6 cm³/mol. The fraction of sp³-hybridized carbons (Fsp3) is 0.267. The van der Waals surface area contributed by atoms with Crippen LogP contribution in [0, 0.1) is 0 Å². The molecule has 0 bridgehead atoms. The number of rotatable bonds is 6. The Morgan fingerprint density at radius 2 is 2.05 bits per heavy atom. The van der Waals surface area contributed by atoms with Crippen molar-refractivity contribution >= 4 is 28.8 Å². The average molecular weight is 310 g/mol. The van der Waals surface area contributed by atoms with Crippen LogP contribution >= 0.6 is 22.9 Å². The van der Waals surface area contributed by atoms with Crippen molar-refractivity contribution < 1.29 is 9.53 Å². The Morgan fingerprint density at radius 3 is 2.70 bits per heavy atom. The van der Waals surface area contributed by atoms with Crippen molar-refractivity contribution in [3.63, 3.8) is 0 Å². The van der Waals surface area contributed by atoms with Gasteiger partial charge in [-0.05, 0) is 42.1 Å². The van der Waals surface area contributed by atoms with Gasteiger partial charge in [-0.25, -0.2) is 0 Å². The molecule has 1 aromatic heterocycles. The van der Waals surface area contributed by atoms with Gasteiger partial charge in [0.25, 0.3) is 5.91 Å². The zero-order chi connectivity index (χ0) is 14.4. The summed E-state index contributed by atoms with van der Waals surface area (Å²) in [4.78, 5) is 14.9. The summed E-state index contributed by atoms with van der Waals surface area (Å²) in [6.45, 7) is 0.742. The number of carbonyl (C=O) groups is 1. The van der Waals surface area contributed by atoms with Crippen molar-refractivity contribution in [2.75, 3.05) is 20.2 Å². The summed E-state index contributed by atoms with van der Waals surface area (Å²) in [5.41, 5.74) is 0. The molecular weight excluding hydrogens is 294 g/mol. The summed E-state index contributed by atoms with van der Waals surface area (Å²) < 4.78 is 5.43. The van der Waals surface area contributed by atoms with E-state index in [2.05, 4.69) is 6.07 Å². The van der Waals surface area contributed by atoms with Gasteiger partial charge in [0, 0.05) is 23.5 Å². The fourth-order valence-electron chi connectivity index (χ4n) is 1.64. The quantitative estimate of drug-likeness (QED) is 0.817. The number of nitrogens with zero attached hydrogens (tertiary/aromatic N) is 1. The highest BCUT2D eigenvalue weighted by atomic mass is 35.5. The number of halogens is 1. The molecule has 0 unspecified atom stereocenters. The maximum Gasteiger partial charge on any atom is 0.260 e. The lowest BCUT2D eigenvalue weighted by Gasteiger charge is -2.17. The van der Waals surface area contributed by atoms with Crippen molar-refractivity contribution in [3.8, 4) is 5.75 Å². The lowest BCUT2D eigenvalue weighted by molar-refractivity contribution is -0.132. The van der Waals surface area contributed by atoms with Crippen molar-refractivity contribution in [1.29, 1.82) is 0 Å². The molecule has 1 amide bonds. The minimum Gasteiger partial charge on any atom is -0.484 e. The van der Waals surface area contributed by atoms with Crippen molar-refractivity contribution in [1.82, 2.24) is 4.90 Å².